The Balaban J connectivity index is 2.20. The van der Waals surface area contributed by atoms with Gasteiger partial charge >= 0.3 is 12.1 Å². The number of esters is 1. The van der Waals surface area contributed by atoms with Crippen LogP contribution in [0, 0.1) is 12.8 Å². The smallest absolute Gasteiger partial charge is 0.407 e. The maximum Gasteiger partial charge on any atom is 0.407 e. The molecule has 3 aromatic rings. The molecule has 0 saturated heterocycles. The number of pyridine rings is 1. The van der Waals surface area contributed by atoms with Crippen LogP contribution >= 0.6 is 11.3 Å². The highest BCUT2D eigenvalue weighted by Crippen LogP contribution is 2.35. The maximum absolute atomic E-state index is 13.8. The van der Waals surface area contributed by atoms with Gasteiger partial charge in [-0.1, -0.05) is 33.3 Å². The lowest BCUT2D eigenvalue weighted by Gasteiger charge is -2.23. The number of alkyl carbamates (subject to hydrolysis) is 1. The van der Waals surface area contributed by atoms with Crippen LogP contribution in [-0.2, 0) is 22.6 Å². The van der Waals surface area contributed by atoms with Crippen molar-refractivity contribution >= 4 is 34.2 Å². The van der Waals surface area contributed by atoms with Crippen molar-refractivity contribution in [2.75, 3.05) is 13.2 Å². The van der Waals surface area contributed by atoms with Crippen LogP contribution < -0.4 is 15.6 Å². The molecule has 0 aliphatic heterocycles. The number of carbonyl (C=O) groups is 2. The van der Waals surface area contributed by atoms with E-state index in [0.717, 1.165) is 18.4 Å². The number of nitrogens with one attached hydrogen (secondary N) is 1. The summed E-state index contributed by atoms with van der Waals surface area (Å²) in [7, 11) is 0. The Morgan fingerprint density at radius 2 is 1.88 bits per heavy atom. The molecule has 1 amide bonds. The van der Waals surface area contributed by atoms with Crippen molar-refractivity contribution in [2.24, 2.45) is 5.92 Å². The van der Waals surface area contributed by atoms with Gasteiger partial charge in [0.05, 0.1) is 36.5 Å². The minimum absolute atomic E-state index is 0.0574. The number of hydrogen-bond acceptors (Lipinski definition) is 8. The number of fused-ring (bicyclic) bond motifs is 1. The number of rotatable bonds is 11. The van der Waals surface area contributed by atoms with Crippen LogP contribution in [0.1, 0.15) is 82.4 Å². The van der Waals surface area contributed by atoms with Crippen molar-refractivity contribution in [1.82, 2.24) is 14.9 Å². The van der Waals surface area contributed by atoms with Crippen LogP contribution in [0.3, 0.4) is 0 Å². The monoisotopic (exact) mass is 571 g/mol. The van der Waals surface area contributed by atoms with E-state index in [4.69, 9.17) is 14.2 Å². The predicted molar refractivity (Wildman–Crippen MR) is 158 cm³/mol. The highest BCUT2D eigenvalue weighted by molar-refractivity contribution is 7.17. The van der Waals surface area contributed by atoms with Crippen LogP contribution in [0.4, 0.5) is 4.79 Å². The molecule has 1 N–H and O–H groups in total. The van der Waals surface area contributed by atoms with E-state index >= 15 is 0 Å². The Morgan fingerprint density at radius 3 is 2.50 bits per heavy atom. The third-order valence-electron chi connectivity index (χ3n) is 5.92. The van der Waals surface area contributed by atoms with Crippen molar-refractivity contribution in [3.05, 3.63) is 44.8 Å². The molecule has 0 aliphatic rings. The SMILES string of the molecule is CCCCOc1c(CNC(=O)OC(C)(C)C)n(CC(C)C)c(=O)c2ccc(-c3nc(C)c(C(=O)OCC)s3)cc12. The average molecular weight is 572 g/mol. The average Bonchev–Trinajstić information content (AvgIpc) is 3.26. The molecule has 218 valence electrons. The second-order valence-corrected chi connectivity index (χ2v) is 12.1. The quantitative estimate of drug-likeness (QED) is 0.208. The summed E-state index contributed by atoms with van der Waals surface area (Å²) in [5.74, 6) is 0.318. The molecule has 0 bridgehead atoms. The third kappa shape index (κ3) is 7.62. The standard InChI is InChI=1S/C30H41N3O6S/c1-9-11-14-38-24-22-15-20(26-32-19(5)25(40-26)28(35)37-10-2)12-13-21(22)27(34)33(17-18(3)4)23(24)16-31-29(36)39-30(6,7)8/h12-13,15,18H,9-11,14,16-17H2,1-8H3,(H,31,36). The zero-order chi connectivity index (χ0) is 29.6. The summed E-state index contributed by atoms with van der Waals surface area (Å²) in [5, 5.41) is 4.59. The summed E-state index contributed by atoms with van der Waals surface area (Å²) in [5.41, 5.74) is 1.10. The van der Waals surface area contributed by atoms with E-state index in [1.54, 1.807) is 45.3 Å². The fraction of sp³-hybridized carbons (Fsp3) is 0.533. The molecule has 0 spiro atoms. The summed E-state index contributed by atoms with van der Waals surface area (Å²) in [4.78, 5) is 43.8. The lowest BCUT2D eigenvalue weighted by Crippen LogP contribution is -2.35. The van der Waals surface area contributed by atoms with Gasteiger partial charge < -0.3 is 24.1 Å². The van der Waals surface area contributed by atoms with Gasteiger partial charge in [0, 0.05) is 17.5 Å². The lowest BCUT2D eigenvalue weighted by molar-refractivity contribution is 0.0514. The van der Waals surface area contributed by atoms with Crippen LogP contribution in [0.5, 0.6) is 5.75 Å². The summed E-state index contributed by atoms with van der Waals surface area (Å²) in [6.45, 7) is 16.3. The minimum Gasteiger partial charge on any atom is -0.491 e. The van der Waals surface area contributed by atoms with Gasteiger partial charge in [0.1, 0.15) is 21.2 Å². The Morgan fingerprint density at radius 1 is 1.15 bits per heavy atom. The van der Waals surface area contributed by atoms with E-state index in [2.05, 4.69) is 17.2 Å². The summed E-state index contributed by atoms with van der Waals surface area (Å²) in [6.07, 6.45) is 1.20. The van der Waals surface area contributed by atoms with Gasteiger partial charge in [-0.3, -0.25) is 4.79 Å². The largest absolute Gasteiger partial charge is 0.491 e. The maximum atomic E-state index is 13.8. The summed E-state index contributed by atoms with van der Waals surface area (Å²) >= 11 is 1.25. The van der Waals surface area contributed by atoms with E-state index in [1.807, 2.05) is 26.0 Å². The fourth-order valence-electron chi connectivity index (χ4n) is 4.19. The summed E-state index contributed by atoms with van der Waals surface area (Å²) in [6, 6.07) is 5.50. The topological polar surface area (TPSA) is 109 Å². The van der Waals surface area contributed by atoms with E-state index in [0.29, 0.717) is 50.9 Å². The number of aromatic nitrogens is 2. The molecular weight excluding hydrogens is 530 g/mol. The molecule has 1 aromatic carbocycles. The molecule has 40 heavy (non-hydrogen) atoms. The van der Waals surface area contributed by atoms with E-state index < -0.39 is 17.7 Å². The van der Waals surface area contributed by atoms with Gasteiger partial charge in [0.15, 0.2) is 0 Å². The normalized spacial score (nSPS) is 11.6. The first-order valence-electron chi connectivity index (χ1n) is 13.8. The highest BCUT2D eigenvalue weighted by Gasteiger charge is 2.23. The Bertz CT molecular complexity index is 1420. The van der Waals surface area contributed by atoms with Gasteiger partial charge in [-0.2, -0.15) is 0 Å². The predicted octanol–water partition coefficient (Wildman–Crippen LogP) is 6.47. The molecule has 0 fully saturated rings. The first kappa shape index (κ1) is 31.1. The third-order valence-corrected chi connectivity index (χ3v) is 7.11. The molecule has 0 atom stereocenters. The fourth-order valence-corrected chi connectivity index (χ4v) is 5.14. The molecule has 2 heterocycles. The van der Waals surface area contributed by atoms with E-state index in [9.17, 15) is 14.4 Å². The molecule has 0 saturated carbocycles. The summed E-state index contributed by atoms with van der Waals surface area (Å²) < 4.78 is 18.7. The Hall–Kier alpha value is -3.40. The first-order chi connectivity index (χ1) is 18.9. The van der Waals surface area contributed by atoms with Crippen molar-refractivity contribution < 1.29 is 23.8 Å². The van der Waals surface area contributed by atoms with E-state index in [-0.39, 0.29) is 24.6 Å². The van der Waals surface area contributed by atoms with Crippen LogP contribution in [0.2, 0.25) is 0 Å². The number of nitrogens with zero attached hydrogens (tertiary/aromatic N) is 2. The number of amides is 1. The molecule has 3 rings (SSSR count). The molecule has 10 heteroatoms. The second kappa shape index (κ2) is 13.3. The van der Waals surface area contributed by atoms with Gasteiger partial charge in [-0.05, 0) is 59.1 Å². The van der Waals surface area contributed by atoms with Gasteiger partial charge in [0.25, 0.3) is 5.56 Å². The Kier molecular flexibility index (Phi) is 10.4. The van der Waals surface area contributed by atoms with Crippen molar-refractivity contribution in [3.8, 4) is 16.3 Å². The van der Waals surface area contributed by atoms with Crippen molar-refractivity contribution in [1.29, 1.82) is 0 Å². The van der Waals surface area contributed by atoms with E-state index in [1.165, 1.54) is 11.3 Å². The lowest BCUT2D eigenvalue weighted by atomic mass is 10.0. The molecule has 0 unspecified atom stereocenters. The number of benzene rings is 1. The number of ether oxygens (including phenoxy) is 3. The molecule has 0 radical (unpaired) electrons. The van der Waals surface area contributed by atoms with Gasteiger partial charge in [-0.15, -0.1) is 11.3 Å². The molecule has 0 aliphatic carbocycles. The van der Waals surface area contributed by atoms with Gasteiger partial charge in [-0.25, -0.2) is 14.6 Å². The molecule has 2 aromatic heterocycles. The van der Waals surface area contributed by atoms with Crippen LogP contribution in [-0.4, -0.2) is 40.4 Å². The molecule has 9 nitrogen and oxygen atoms in total. The second-order valence-electron chi connectivity index (χ2n) is 11.1. The molecular formula is C30H41N3O6S. The number of unbranched alkanes of at least 4 members (excludes halogenated alkanes) is 1. The van der Waals surface area contributed by atoms with Crippen LogP contribution in [0.15, 0.2) is 23.0 Å². The zero-order valence-corrected chi connectivity index (χ0v) is 25.6. The van der Waals surface area contributed by atoms with Crippen molar-refractivity contribution in [2.45, 2.75) is 86.9 Å². The number of thiazole rings is 1. The minimum atomic E-state index is -0.658. The Labute approximate surface area is 239 Å². The number of carbonyl (C=O) groups excluding carboxylic acids is 2. The van der Waals surface area contributed by atoms with Crippen molar-refractivity contribution in [3.63, 3.8) is 0 Å². The zero-order valence-electron chi connectivity index (χ0n) is 24.8. The van der Waals surface area contributed by atoms with Gasteiger partial charge in [0.2, 0.25) is 0 Å². The highest BCUT2D eigenvalue weighted by atomic mass is 32.1. The van der Waals surface area contributed by atoms with Crippen LogP contribution in [0.25, 0.3) is 21.3 Å². The number of aryl methyl sites for hydroxylation is 1. The number of hydrogen-bond donors (Lipinski definition) is 1. The first-order valence-corrected chi connectivity index (χ1v) is 14.6.